The van der Waals surface area contributed by atoms with Crippen molar-refractivity contribution in [2.45, 2.75) is 25.8 Å². The van der Waals surface area contributed by atoms with Gasteiger partial charge in [-0.25, -0.2) is 4.39 Å². The summed E-state index contributed by atoms with van der Waals surface area (Å²) in [5.74, 6) is -1.78. The average Bonchev–Trinajstić information content (AvgIpc) is 2.38. The zero-order chi connectivity index (χ0) is 14.6. The summed E-state index contributed by atoms with van der Waals surface area (Å²) in [7, 11) is 0. The van der Waals surface area contributed by atoms with Crippen LogP contribution in [0.5, 0.6) is 0 Å². The number of nitro benzene ring substituents is 1. The second kappa shape index (κ2) is 5.44. The summed E-state index contributed by atoms with van der Waals surface area (Å²) in [6.45, 7) is 3.21. The minimum absolute atomic E-state index is 0.333. The van der Waals surface area contributed by atoms with Crippen LogP contribution >= 0.6 is 0 Å². The Labute approximate surface area is 109 Å². The zero-order valence-corrected chi connectivity index (χ0v) is 10.4. The monoisotopic (exact) mass is 265 g/mol. The van der Waals surface area contributed by atoms with Gasteiger partial charge in [-0.3, -0.25) is 14.9 Å². The first-order valence-electron chi connectivity index (χ1n) is 5.50. The topological polar surface area (TPSA) is 96.0 Å². The van der Waals surface area contributed by atoms with E-state index in [0.29, 0.717) is 12.5 Å². The smallest absolute Gasteiger partial charge is 0.272 e. The molecule has 1 atom stereocenters. The molecule has 0 aromatic heterocycles. The molecule has 1 N–H and O–H groups in total. The summed E-state index contributed by atoms with van der Waals surface area (Å²) < 4.78 is 13.6. The van der Waals surface area contributed by atoms with Gasteiger partial charge in [-0.15, -0.1) is 0 Å². The van der Waals surface area contributed by atoms with Gasteiger partial charge in [0.1, 0.15) is 11.4 Å². The second-order valence-electron chi connectivity index (χ2n) is 4.17. The van der Waals surface area contributed by atoms with Crippen LogP contribution in [0.25, 0.3) is 0 Å². The Hall–Kier alpha value is -2.49. The molecule has 0 saturated carbocycles. The van der Waals surface area contributed by atoms with Crippen molar-refractivity contribution in [3.05, 3.63) is 39.7 Å². The number of nitrogens with zero attached hydrogens (tertiary/aromatic N) is 2. The molecule has 0 fully saturated rings. The molecule has 19 heavy (non-hydrogen) atoms. The third-order valence-electron chi connectivity index (χ3n) is 2.75. The summed E-state index contributed by atoms with van der Waals surface area (Å²) in [4.78, 5) is 21.5. The lowest BCUT2D eigenvalue weighted by atomic mass is 10.0. The van der Waals surface area contributed by atoms with E-state index in [9.17, 15) is 19.3 Å². The fraction of sp³-hybridized carbons (Fsp3) is 0.333. The van der Waals surface area contributed by atoms with E-state index in [-0.39, 0.29) is 5.56 Å². The molecule has 1 aromatic carbocycles. The Morgan fingerprint density at radius 1 is 1.63 bits per heavy atom. The van der Waals surface area contributed by atoms with Crippen LogP contribution in [-0.2, 0) is 0 Å². The Morgan fingerprint density at radius 2 is 2.26 bits per heavy atom. The number of nitrogens with one attached hydrogen (secondary N) is 1. The molecule has 0 spiro atoms. The van der Waals surface area contributed by atoms with Gasteiger partial charge in [0.05, 0.1) is 22.6 Å². The number of rotatable bonds is 4. The van der Waals surface area contributed by atoms with Crippen LogP contribution < -0.4 is 5.32 Å². The van der Waals surface area contributed by atoms with Crippen LogP contribution in [0.3, 0.4) is 0 Å². The molecule has 1 rings (SSSR count). The van der Waals surface area contributed by atoms with Crippen LogP contribution in [-0.4, -0.2) is 16.4 Å². The number of nitriles is 1. The largest absolute Gasteiger partial charge is 0.334 e. The normalized spacial score (nSPS) is 13.2. The SMILES string of the molecule is CCC(C)(C#N)NC(=O)c1ccc([N+](=O)[O-])cc1F. The van der Waals surface area contributed by atoms with Gasteiger partial charge < -0.3 is 5.32 Å². The van der Waals surface area contributed by atoms with Gasteiger partial charge >= 0.3 is 0 Å². The van der Waals surface area contributed by atoms with Crippen LogP contribution in [0.4, 0.5) is 10.1 Å². The van der Waals surface area contributed by atoms with Crippen molar-refractivity contribution in [2.24, 2.45) is 0 Å². The first-order chi connectivity index (χ1) is 8.83. The molecular formula is C12H12FN3O3. The number of amides is 1. The van der Waals surface area contributed by atoms with E-state index in [4.69, 9.17) is 5.26 Å². The molecule has 0 bridgehead atoms. The highest BCUT2D eigenvalue weighted by atomic mass is 19.1. The molecule has 0 heterocycles. The van der Waals surface area contributed by atoms with E-state index in [1.165, 1.54) is 6.92 Å². The molecule has 7 heteroatoms. The Bertz CT molecular complexity index is 568. The van der Waals surface area contributed by atoms with Crippen molar-refractivity contribution in [2.75, 3.05) is 0 Å². The Balaban J connectivity index is 3.02. The number of hydrogen-bond donors (Lipinski definition) is 1. The lowest BCUT2D eigenvalue weighted by Gasteiger charge is -2.21. The first kappa shape index (κ1) is 14.6. The fourth-order valence-electron chi connectivity index (χ4n) is 1.32. The Kier molecular flexibility index (Phi) is 4.17. The van der Waals surface area contributed by atoms with Crippen molar-refractivity contribution in [3.63, 3.8) is 0 Å². The molecule has 0 aliphatic rings. The van der Waals surface area contributed by atoms with Crippen molar-refractivity contribution in [1.82, 2.24) is 5.32 Å². The zero-order valence-electron chi connectivity index (χ0n) is 10.4. The van der Waals surface area contributed by atoms with Gasteiger partial charge in [0.25, 0.3) is 11.6 Å². The van der Waals surface area contributed by atoms with Gasteiger partial charge in [0.2, 0.25) is 0 Å². The van der Waals surface area contributed by atoms with E-state index >= 15 is 0 Å². The maximum atomic E-state index is 13.6. The highest BCUT2D eigenvalue weighted by Crippen LogP contribution is 2.17. The number of hydrogen-bond acceptors (Lipinski definition) is 4. The van der Waals surface area contributed by atoms with E-state index in [2.05, 4.69) is 5.32 Å². The molecule has 0 saturated heterocycles. The molecule has 0 aliphatic carbocycles. The van der Waals surface area contributed by atoms with Crippen molar-refractivity contribution in [3.8, 4) is 6.07 Å². The summed E-state index contributed by atoms with van der Waals surface area (Å²) >= 11 is 0. The van der Waals surface area contributed by atoms with Gasteiger partial charge in [-0.05, 0) is 19.4 Å². The minimum Gasteiger partial charge on any atom is -0.334 e. The van der Waals surface area contributed by atoms with E-state index in [0.717, 1.165) is 12.1 Å². The van der Waals surface area contributed by atoms with E-state index < -0.39 is 27.9 Å². The molecule has 100 valence electrons. The molecule has 0 radical (unpaired) electrons. The third kappa shape index (κ3) is 3.25. The number of carbonyl (C=O) groups excluding carboxylic acids is 1. The van der Waals surface area contributed by atoms with Crippen molar-refractivity contribution in [1.29, 1.82) is 5.26 Å². The predicted molar refractivity (Wildman–Crippen MR) is 64.8 cm³/mol. The van der Waals surface area contributed by atoms with Gasteiger partial charge in [0.15, 0.2) is 0 Å². The van der Waals surface area contributed by atoms with Gasteiger partial charge in [-0.1, -0.05) is 6.92 Å². The molecule has 1 amide bonds. The molecule has 1 unspecified atom stereocenters. The highest BCUT2D eigenvalue weighted by molar-refractivity contribution is 5.95. The van der Waals surface area contributed by atoms with Gasteiger partial charge in [-0.2, -0.15) is 5.26 Å². The summed E-state index contributed by atoms with van der Waals surface area (Å²) in [5.41, 5.74) is -1.88. The first-order valence-corrected chi connectivity index (χ1v) is 5.50. The van der Waals surface area contributed by atoms with Gasteiger partial charge in [0, 0.05) is 6.07 Å². The Morgan fingerprint density at radius 3 is 2.68 bits per heavy atom. The molecular weight excluding hydrogens is 253 g/mol. The second-order valence-corrected chi connectivity index (χ2v) is 4.17. The quantitative estimate of drug-likeness (QED) is 0.666. The summed E-state index contributed by atoms with van der Waals surface area (Å²) in [6, 6.07) is 4.65. The minimum atomic E-state index is -1.11. The van der Waals surface area contributed by atoms with Crippen LogP contribution in [0.15, 0.2) is 18.2 Å². The number of carbonyl (C=O) groups is 1. The lowest BCUT2D eigenvalue weighted by molar-refractivity contribution is -0.385. The van der Waals surface area contributed by atoms with Crippen LogP contribution in [0, 0.1) is 27.3 Å². The van der Waals surface area contributed by atoms with Crippen molar-refractivity contribution < 1.29 is 14.1 Å². The number of nitro groups is 1. The lowest BCUT2D eigenvalue weighted by Crippen LogP contribution is -2.44. The van der Waals surface area contributed by atoms with Crippen LogP contribution in [0.2, 0.25) is 0 Å². The number of non-ortho nitro benzene ring substituents is 1. The molecule has 6 nitrogen and oxygen atoms in total. The maximum Gasteiger partial charge on any atom is 0.272 e. The van der Waals surface area contributed by atoms with Crippen LogP contribution in [0.1, 0.15) is 30.6 Å². The van der Waals surface area contributed by atoms with E-state index in [1.54, 1.807) is 6.92 Å². The average molecular weight is 265 g/mol. The van der Waals surface area contributed by atoms with E-state index in [1.807, 2.05) is 6.07 Å². The maximum absolute atomic E-state index is 13.6. The third-order valence-corrected chi connectivity index (χ3v) is 2.75. The number of benzene rings is 1. The summed E-state index contributed by atoms with van der Waals surface area (Å²) in [5, 5.41) is 21.8. The number of halogens is 1. The standard InChI is InChI=1S/C12H12FN3O3/c1-3-12(2,7-14)15-11(17)9-5-4-8(16(18)19)6-10(9)13/h4-6H,3H2,1-2H3,(H,15,17). The molecule has 1 aromatic rings. The fourth-order valence-corrected chi connectivity index (χ4v) is 1.32. The molecule has 0 aliphatic heterocycles. The highest BCUT2D eigenvalue weighted by Gasteiger charge is 2.26. The van der Waals surface area contributed by atoms with Crippen molar-refractivity contribution >= 4 is 11.6 Å². The summed E-state index contributed by atoms with van der Waals surface area (Å²) in [6.07, 6.45) is 0.351. The predicted octanol–water partition coefficient (Wildman–Crippen LogP) is 2.16.